The van der Waals surface area contributed by atoms with Crippen LogP contribution in [0, 0.1) is 0 Å². The van der Waals surface area contributed by atoms with Crippen molar-refractivity contribution in [2.75, 3.05) is 18.4 Å². The fourth-order valence-corrected chi connectivity index (χ4v) is 5.16. The van der Waals surface area contributed by atoms with Gasteiger partial charge in [0.2, 0.25) is 0 Å². The van der Waals surface area contributed by atoms with Crippen molar-refractivity contribution in [2.24, 2.45) is 0 Å². The van der Waals surface area contributed by atoms with Crippen LogP contribution >= 0.6 is 11.6 Å². The van der Waals surface area contributed by atoms with Crippen molar-refractivity contribution in [1.82, 2.24) is 14.7 Å². The second-order valence-electron chi connectivity index (χ2n) is 7.00. The molecule has 10 heteroatoms. The van der Waals surface area contributed by atoms with Crippen molar-refractivity contribution in [3.8, 4) is 5.69 Å². The van der Waals surface area contributed by atoms with E-state index in [1.54, 1.807) is 24.3 Å². The summed E-state index contributed by atoms with van der Waals surface area (Å²) >= 11 is 5.93. The second kappa shape index (κ2) is 7.21. The molecule has 2 aliphatic heterocycles. The molecule has 0 radical (unpaired) electrons. The van der Waals surface area contributed by atoms with Crippen LogP contribution in [0.3, 0.4) is 0 Å². The van der Waals surface area contributed by atoms with E-state index in [4.69, 9.17) is 11.6 Å². The maximum Gasteiger partial charge on any atom is 0.315 e. The summed E-state index contributed by atoms with van der Waals surface area (Å²) in [5, 5.41) is 7.52. The van der Waals surface area contributed by atoms with Crippen LogP contribution in [0.15, 0.2) is 24.3 Å². The number of nitrogens with zero attached hydrogens (tertiary/aromatic N) is 3. The van der Waals surface area contributed by atoms with Crippen molar-refractivity contribution in [3.05, 3.63) is 40.5 Å². The van der Waals surface area contributed by atoms with Crippen molar-refractivity contribution in [2.45, 2.75) is 30.8 Å². The van der Waals surface area contributed by atoms with Gasteiger partial charge in [-0.25, -0.2) is 13.1 Å². The molecule has 2 aliphatic rings. The van der Waals surface area contributed by atoms with E-state index >= 15 is 0 Å². The Hall–Kier alpha value is -2.39. The first-order valence-electron chi connectivity index (χ1n) is 9.01. The number of amides is 2. The van der Waals surface area contributed by atoms with Gasteiger partial charge in [0.1, 0.15) is 5.82 Å². The normalized spacial score (nSPS) is 18.0. The summed E-state index contributed by atoms with van der Waals surface area (Å²) in [6.07, 6.45) is 2.78. The molecular weight excluding hydrogens is 404 g/mol. The first kappa shape index (κ1) is 18.9. The fraction of sp³-hybridized carbons (Fsp3) is 0.389. The third kappa shape index (κ3) is 3.64. The van der Waals surface area contributed by atoms with Crippen LogP contribution in [0.25, 0.3) is 5.69 Å². The van der Waals surface area contributed by atoms with Gasteiger partial charge in [-0.1, -0.05) is 11.6 Å². The number of fused-ring (bicyclic) bond motifs is 1. The highest BCUT2D eigenvalue weighted by Gasteiger charge is 2.34. The zero-order chi connectivity index (χ0) is 19.9. The number of halogens is 1. The second-order valence-corrected chi connectivity index (χ2v) is 9.50. The number of hydrogen-bond acceptors (Lipinski definition) is 5. The van der Waals surface area contributed by atoms with Gasteiger partial charge < -0.3 is 10.2 Å². The summed E-state index contributed by atoms with van der Waals surface area (Å²) in [5.41, 5.74) is 1.42. The zero-order valence-corrected chi connectivity index (χ0v) is 16.6. The number of sulfone groups is 1. The van der Waals surface area contributed by atoms with Gasteiger partial charge in [-0.05, 0) is 43.5 Å². The molecule has 0 spiro atoms. The van der Waals surface area contributed by atoms with Gasteiger partial charge in [0.05, 0.1) is 22.9 Å². The number of rotatable bonds is 2. The molecule has 2 aromatic rings. The van der Waals surface area contributed by atoms with E-state index in [0.717, 1.165) is 19.3 Å². The number of benzene rings is 1. The summed E-state index contributed by atoms with van der Waals surface area (Å²) in [5.74, 6) is -1.59. The predicted octanol–water partition coefficient (Wildman–Crippen LogP) is 1.91. The Labute approximate surface area is 167 Å². The molecule has 3 heterocycles. The number of carbonyl (C=O) groups excluding carboxylic acids is 2. The van der Waals surface area contributed by atoms with E-state index < -0.39 is 21.7 Å². The summed E-state index contributed by atoms with van der Waals surface area (Å²) < 4.78 is 25.5. The molecule has 1 N–H and O–H groups in total. The predicted molar refractivity (Wildman–Crippen MR) is 104 cm³/mol. The van der Waals surface area contributed by atoms with Crippen LogP contribution in [0.5, 0.6) is 0 Å². The number of hydrogen-bond donors (Lipinski definition) is 1. The number of anilines is 1. The first-order valence-corrected chi connectivity index (χ1v) is 11.2. The minimum absolute atomic E-state index is 0.189. The number of carbonyl (C=O) groups is 2. The molecule has 4 rings (SSSR count). The highest BCUT2D eigenvalue weighted by molar-refractivity contribution is 7.90. The Kier molecular flexibility index (Phi) is 4.88. The zero-order valence-electron chi connectivity index (χ0n) is 15.0. The molecule has 148 valence electrons. The molecule has 0 bridgehead atoms. The third-order valence-corrected chi connectivity index (χ3v) is 6.62. The van der Waals surface area contributed by atoms with E-state index in [9.17, 15) is 18.0 Å². The van der Waals surface area contributed by atoms with Gasteiger partial charge >= 0.3 is 11.8 Å². The minimum atomic E-state index is -3.31. The van der Waals surface area contributed by atoms with E-state index in [2.05, 4.69) is 10.4 Å². The lowest BCUT2D eigenvalue weighted by Crippen LogP contribution is -2.42. The van der Waals surface area contributed by atoms with Crippen LogP contribution in [0.1, 0.15) is 30.5 Å². The minimum Gasteiger partial charge on any atom is -0.334 e. The van der Waals surface area contributed by atoms with Crippen LogP contribution in [0.2, 0.25) is 5.02 Å². The quantitative estimate of drug-likeness (QED) is 0.745. The highest BCUT2D eigenvalue weighted by Crippen LogP contribution is 2.33. The molecule has 1 fully saturated rings. The Balaban J connectivity index is 1.67. The van der Waals surface area contributed by atoms with Gasteiger partial charge in [-0.3, -0.25) is 9.59 Å². The molecule has 0 aliphatic carbocycles. The summed E-state index contributed by atoms with van der Waals surface area (Å²) in [6, 6.07) is 6.76. The van der Waals surface area contributed by atoms with Crippen molar-refractivity contribution in [1.29, 1.82) is 0 Å². The van der Waals surface area contributed by atoms with E-state index in [0.29, 0.717) is 35.1 Å². The topological polar surface area (TPSA) is 101 Å². The van der Waals surface area contributed by atoms with Gasteiger partial charge in [0, 0.05) is 23.7 Å². The third-order valence-electron chi connectivity index (χ3n) is 4.93. The standard InChI is InChI=1S/C18H19ClN4O4S/c19-12-4-6-13(7-5-12)23-16(14-10-28(26,27)11-15(14)21-23)20-17(24)18(25)22-8-2-1-3-9-22/h4-7H,1-3,8-11H2,(H,20,24). The van der Waals surface area contributed by atoms with E-state index in [-0.39, 0.29) is 17.3 Å². The van der Waals surface area contributed by atoms with Gasteiger partial charge in [-0.2, -0.15) is 5.10 Å². The molecule has 1 aromatic carbocycles. The molecule has 28 heavy (non-hydrogen) atoms. The first-order chi connectivity index (χ1) is 13.3. The van der Waals surface area contributed by atoms with Crippen LogP contribution in [-0.2, 0) is 30.9 Å². The maximum atomic E-state index is 12.6. The van der Waals surface area contributed by atoms with Crippen LogP contribution in [-0.4, -0.2) is 48.0 Å². The fourth-order valence-electron chi connectivity index (χ4n) is 3.54. The average Bonchev–Trinajstić information content (AvgIpc) is 3.15. The number of nitrogens with one attached hydrogen (secondary N) is 1. The molecule has 1 saturated heterocycles. The van der Waals surface area contributed by atoms with Crippen LogP contribution < -0.4 is 5.32 Å². The van der Waals surface area contributed by atoms with E-state index in [1.165, 1.54) is 9.58 Å². The van der Waals surface area contributed by atoms with Gasteiger partial charge in [0.25, 0.3) is 0 Å². The Morgan fingerprint density at radius 1 is 1.04 bits per heavy atom. The monoisotopic (exact) mass is 422 g/mol. The van der Waals surface area contributed by atoms with Crippen molar-refractivity contribution >= 4 is 39.1 Å². The lowest BCUT2D eigenvalue weighted by Gasteiger charge is -2.26. The summed E-state index contributed by atoms with van der Waals surface area (Å²) in [6.45, 7) is 1.10. The molecule has 2 amide bonds. The molecule has 0 saturated carbocycles. The summed E-state index contributed by atoms with van der Waals surface area (Å²) in [7, 11) is -3.31. The average molecular weight is 423 g/mol. The van der Waals surface area contributed by atoms with Gasteiger partial charge in [0.15, 0.2) is 9.84 Å². The lowest BCUT2D eigenvalue weighted by atomic mass is 10.1. The SMILES string of the molecule is O=C(Nc1c2c(nn1-c1ccc(Cl)cc1)CS(=O)(=O)C2)C(=O)N1CCCCC1. The number of aromatic nitrogens is 2. The van der Waals surface area contributed by atoms with Crippen LogP contribution in [0.4, 0.5) is 5.82 Å². The molecule has 8 nitrogen and oxygen atoms in total. The lowest BCUT2D eigenvalue weighted by molar-refractivity contribution is -0.143. The largest absolute Gasteiger partial charge is 0.334 e. The molecule has 1 aromatic heterocycles. The Bertz CT molecular complexity index is 1040. The number of likely N-dealkylation sites (tertiary alicyclic amines) is 1. The number of piperidine rings is 1. The van der Waals surface area contributed by atoms with E-state index in [1.807, 2.05) is 0 Å². The molecular formula is C18H19ClN4O4S. The van der Waals surface area contributed by atoms with Gasteiger partial charge in [-0.15, -0.1) is 0 Å². The molecule has 0 unspecified atom stereocenters. The maximum absolute atomic E-state index is 12.6. The van der Waals surface area contributed by atoms with Crippen molar-refractivity contribution < 1.29 is 18.0 Å². The Morgan fingerprint density at radius 3 is 2.39 bits per heavy atom. The Morgan fingerprint density at radius 2 is 1.71 bits per heavy atom. The smallest absolute Gasteiger partial charge is 0.315 e. The molecule has 0 atom stereocenters. The highest BCUT2D eigenvalue weighted by atomic mass is 35.5. The summed E-state index contributed by atoms with van der Waals surface area (Å²) in [4.78, 5) is 26.6. The van der Waals surface area contributed by atoms with Crippen molar-refractivity contribution in [3.63, 3.8) is 0 Å².